The minimum Gasteiger partial charge on any atom is -0.383 e. The Labute approximate surface area is 140 Å². The molecule has 2 amide bonds. The number of carbonyl (C=O) groups excluding carboxylic acids is 2. The van der Waals surface area contributed by atoms with Gasteiger partial charge in [-0.2, -0.15) is 5.10 Å². The van der Waals surface area contributed by atoms with Gasteiger partial charge in [0.15, 0.2) is 5.69 Å². The third-order valence-electron chi connectivity index (χ3n) is 3.73. The average molecular weight is 328 g/mol. The molecular weight excluding hydrogens is 308 g/mol. The van der Waals surface area contributed by atoms with E-state index >= 15 is 0 Å². The van der Waals surface area contributed by atoms with Gasteiger partial charge < -0.3 is 15.4 Å². The number of ether oxygens (including phenoxy) is 1. The quantitative estimate of drug-likeness (QED) is 0.756. The van der Waals surface area contributed by atoms with Crippen molar-refractivity contribution < 1.29 is 14.3 Å². The molecule has 0 saturated heterocycles. The first kappa shape index (κ1) is 16.2. The van der Waals surface area contributed by atoms with Crippen LogP contribution in [0.25, 0.3) is 5.69 Å². The number of aromatic nitrogens is 2. The van der Waals surface area contributed by atoms with Crippen LogP contribution in [-0.2, 0) is 9.53 Å². The van der Waals surface area contributed by atoms with Crippen LogP contribution in [0.3, 0.4) is 0 Å². The second-order valence-corrected chi connectivity index (χ2v) is 5.67. The lowest BCUT2D eigenvalue weighted by molar-refractivity contribution is -0.117. The number of methoxy groups -OCH3 is 1. The Balaban J connectivity index is 1.84. The molecule has 0 atom stereocenters. The van der Waals surface area contributed by atoms with Crippen molar-refractivity contribution in [1.82, 2.24) is 15.1 Å². The summed E-state index contributed by atoms with van der Waals surface area (Å²) in [6, 6.07) is 11.0. The molecule has 7 nitrogen and oxygen atoms in total. The van der Waals surface area contributed by atoms with Gasteiger partial charge in [0, 0.05) is 25.6 Å². The second kappa shape index (κ2) is 7.27. The Morgan fingerprint density at radius 3 is 2.71 bits per heavy atom. The molecule has 0 spiro atoms. The lowest BCUT2D eigenvalue weighted by Gasteiger charge is -2.08. The van der Waals surface area contributed by atoms with Crippen LogP contribution in [0.15, 0.2) is 36.4 Å². The summed E-state index contributed by atoms with van der Waals surface area (Å²) in [5, 5.41) is 9.94. The topological polar surface area (TPSA) is 85.3 Å². The van der Waals surface area contributed by atoms with Crippen LogP contribution >= 0.6 is 0 Å². The first-order valence-corrected chi connectivity index (χ1v) is 7.92. The number of amides is 2. The molecule has 1 aromatic heterocycles. The molecule has 24 heavy (non-hydrogen) atoms. The van der Waals surface area contributed by atoms with Crippen LogP contribution in [0.4, 0.5) is 5.82 Å². The molecule has 126 valence electrons. The number of para-hydroxylation sites is 1. The molecule has 7 heteroatoms. The predicted octanol–water partition coefficient (Wildman–Crippen LogP) is 1.60. The summed E-state index contributed by atoms with van der Waals surface area (Å²) in [5.41, 5.74) is 1.03. The number of benzene rings is 1. The summed E-state index contributed by atoms with van der Waals surface area (Å²) in [5.74, 6) is 0.236. The van der Waals surface area contributed by atoms with Gasteiger partial charge >= 0.3 is 0 Å². The Morgan fingerprint density at radius 2 is 2.04 bits per heavy atom. The van der Waals surface area contributed by atoms with Gasteiger partial charge in [0.1, 0.15) is 5.82 Å². The number of hydrogen-bond donors (Lipinski definition) is 2. The van der Waals surface area contributed by atoms with E-state index in [0.29, 0.717) is 19.0 Å². The van der Waals surface area contributed by atoms with Gasteiger partial charge in [0.2, 0.25) is 5.91 Å². The fourth-order valence-corrected chi connectivity index (χ4v) is 2.28. The average Bonchev–Trinajstić information content (AvgIpc) is 3.37. The normalized spacial score (nSPS) is 13.5. The summed E-state index contributed by atoms with van der Waals surface area (Å²) in [6.45, 7) is 0.827. The molecule has 1 saturated carbocycles. The third-order valence-corrected chi connectivity index (χ3v) is 3.73. The van der Waals surface area contributed by atoms with E-state index in [9.17, 15) is 9.59 Å². The smallest absolute Gasteiger partial charge is 0.271 e. The molecule has 0 unspecified atom stereocenters. The van der Waals surface area contributed by atoms with Gasteiger partial charge in [-0.3, -0.25) is 9.59 Å². The van der Waals surface area contributed by atoms with E-state index in [1.807, 2.05) is 30.3 Å². The van der Waals surface area contributed by atoms with Gasteiger partial charge in [-0.1, -0.05) is 18.2 Å². The van der Waals surface area contributed by atoms with Gasteiger partial charge in [-0.05, 0) is 25.0 Å². The highest BCUT2D eigenvalue weighted by Gasteiger charge is 2.30. The van der Waals surface area contributed by atoms with Crippen molar-refractivity contribution in [1.29, 1.82) is 0 Å². The van der Waals surface area contributed by atoms with Crippen LogP contribution < -0.4 is 10.6 Å². The maximum Gasteiger partial charge on any atom is 0.271 e. The largest absolute Gasteiger partial charge is 0.383 e. The molecule has 1 aliphatic carbocycles. The van der Waals surface area contributed by atoms with Crippen molar-refractivity contribution in [3.05, 3.63) is 42.1 Å². The third kappa shape index (κ3) is 3.80. The van der Waals surface area contributed by atoms with E-state index in [-0.39, 0.29) is 23.4 Å². The van der Waals surface area contributed by atoms with Crippen molar-refractivity contribution in [2.24, 2.45) is 5.92 Å². The molecule has 2 N–H and O–H groups in total. The van der Waals surface area contributed by atoms with Gasteiger partial charge in [0.25, 0.3) is 5.91 Å². The Bertz CT molecular complexity index is 723. The van der Waals surface area contributed by atoms with Crippen molar-refractivity contribution in [2.75, 3.05) is 25.6 Å². The lowest BCUT2D eigenvalue weighted by atomic mass is 10.3. The van der Waals surface area contributed by atoms with Gasteiger partial charge in [-0.25, -0.2) is 4.68 Å². The SMILES string of the molecule is COCCNC(=O)c1cc(NC(=O)C2CC2)n(-c2ccccc2)n1. The van der Waals surface area contributed by atoms with E-state index in [1.165, 1.54) is 0 Å². The van der Waals surface area contributed by atoms with Crippen molar-refractivity contribution in [3.8, 4) is 5.69 Å². The zero-order valence-electron chi connectivity index (χ0n) is 13.5. The molecule has 0 bridgehead atoms. The fraction of sp³-hybridized carbons (Fsp3) is 0.353. The molecule has 0 aliphatic heterocycles. The summed E-state index contributed by atoms with van der Waals surface area (Å²) in [7, 11) is 1.57. The van der Waals surface area contributed by atoms with Crippen LogP contribution in [-0.4, -0.2) is 41.9 Å². The molecular formula is C17H20N4O3. The zero-order chi connectivity index (χ0) is 16.9. The number of anilines is 1. The van der Waals surface area contributed by atoms with E-state index < -0.39 is 0 Å². The zero-order valence-corrected chi connectivity index (χ0v) is 13.5. The van der Waals surface area contributed by atoms with Crippen LogP contribution in [0.1, 0.15) is 23.3 Å². The van der Waals surface area contributed by atoms with E-state index in [4.69, 9.17) is 4.74 Å². The number of nitrogens with zero attached hydrogens (tertiary/aromatic N) is 2. The van der Waals surface area contributed by atoms with E-state index in [1.54, 1.807) is 17.9 Å². The monoisotopic (exact) mass is 328 g/mol. The van der Waals surface area contributed by atoms with Crippen LogP contribution in [0, 0.1) is 5.92 Å². The highest BCUT2D eigenvalue weighted by Crippen LogP contribution is 2.30. The van der Waals surface area contributed by atoms with Gasteiger partial charge in [0.05, 0.1) is 12.3 Å². The van der Waals surface area contributed by atoms with Gasteiger partial charge in [-0.15, -0.1) is 0 Å². The van der Waals surface area contributed by atoms with Crippen LogP contribution in [0.5, 0.6) is 0 Å². The number of carbonyl (C=O) groups is 2. The maximum atomic E-state index is 12.2. The lowest BCUT2D eigenvalue weighted by Crippen LogP contribution is -2.27. The Morgan fingerprint density at radius 1 is 1.29 bits per heavy atom. The standard InChI is InChI=1S/C17H20N4O3/c1-24-10-9-18-17(23)14-11-15(19-16(22)12-7-8-12)21(20-14)13-5-3-2-4-6-13/h2-6,11-12H,7-10H2,1H3,(H,18,23)(H,19,22). The van der Waals surface area contributed by atoms with Crippen molar-refractivity contribution >= 4 is 17.6 Å². The minimum absolute atomic E-state index is 0.0292. The second-order valence-electron chi connectivity index (χ2n) is 5.67. The maximum absolute atomic E-state index is 12.2. The molecule has 0 radical (unpaired) electrons. The minimum atomic E-state index is -0.302. The first-order chi connectivity index (χ1) is 11.7. The number of hydrogen-bond acceptors (Lipinski definition) is 4. The molecule has 1 aliphatic rings. The summed E-state index contributed by atoms with van der Waals surface area (Å²) >= 11 is 0. The summed E-state index contributed by atoms with van der Waals surface area (Å²) in [6.07, 6.45) is 1.82. The summed E-state index contributed by atoms with van der Waals surface area (Å²) < 4.78 is 6.49. The van der Waals surface area contributed by atoms with Crippen molar-refractivity contribution in [3.63, 3.8) is 0 Å². The Hall–Kier alpha value is -2.67. The molecule has 1 aromatic carbocycles. The highest BCUT2D eigenvalue weighted by molar-refractivity contribution is 5.97. The molecule has 1 heterocycles. The Kier molecular flexibility index (Phi) is 4.90. The fourth-order valence-electron chi connectivity index (χ4n) is 2.28. The molecule has 3 rings (SSSR count). The van der Waals surface area contributed by atoms with E-state index in [2.05, 4.69) is 15.7 Å². The summed E-state index contributed by atoms with van der Waals surface area (Å²) in [4.78, 5) is 24.3. The first-order valence-electron chi connectivity index (χ1n) is 7.92. The molecule has 2 aromatic rings. The number of nitrogens with one attached hydrogen (secondary N) is 2. The van der Waals surface area contributed by atoms with Crippen molar-refractivity contribution in [2.45, 2.75) is 12.8 Å². The highest BCUT2D eigenvalue weighted by atomic mass is 16.5. The van der Waals surface area contributed by atoms with E-state index in [0.717, 1.165) is 18.5 Å². The number of rotatable bonds is 7. The molecule has 1 fully saturated rings. The predicted molar refractivity (Wildman–Crippen MR) is 89.1 cm³/mol. The van der Waals surface area contributed by atoms with Crippen LogP contribution in [0.2, 0.25) is 0 Å².